The van der Waals surface area contributed by atoms with Crippen LogP contribution in [-0.2, 0) is 14.8 Å². The molecule has 9 nitrogen and oxygen atoms in total. The number of benzene rings is 1. The Hall–Kier alpha value is -2.95. The second kappa shape index (κ2) is 9.27. The number of carbonyl (C=O) groups excluding carboxylic acids is 1. The SMILES string of the molecule is CCN(CC)S(=O)(=O)c1ccc(N2CCOCC2)c(NC(=O)c2cn3ccccc3n2)c1. The predicted octanol–water partition coefficient (Wildman–Crippen LogP) is 2.45. The number of amides is 1. The molecule has 3 heterocycles. The number of pyridine rings is 1. The minimum atomic E-state index is -3.67. The van der Waals surface area contributed by atoms with Crippen LogP contribution < -0.4 is 10.2 Å². The number of anilines is 2. The summed E-state index contributed by atoms with van der Waals surface area (Å²) in [6.45, 7) is 6.78. The molecule has 0 unspecified atom stereocenters. The van der Waals surface area contributed by atoms with Gasteiger partial charge in [0.1, 0.15) is 11.3 Å². The summed E-state index contributed by atoms with van der Waals surface area (Å²) in [5.41, 5.74) is 2.09. The minimum absolute atomic E-state index is 0.142. The first kappa shape index (κ1) is 22.3. The monoisotopic (exact) mass is 457 g/mol. The fourth-order valence-electron chi connectivity index (χ4n) is 3.80. The summed E-state index contributed by atoms with van der Waals surface area (Å²) in [4.78, 5) is 19.6. The molecular weight excluding hydrogens is 430 g/mol. The number of imidazole rings is 1. The summed E-state index contributed by atoms with van der Waals surface area (Å²) in [5, 5.41) is 2.89. The van der Waals surface area contributed by atoms with E-state index in [4.69, 9.17) is 4.74 Å². The zero-order valence-corrected chi connectivity index (χ0v) is 19.0. The van der Waals surface area contributed by atoms with Gasteiger partial charge in [-0.25, -0.2) is 13.4 Å². The molecule has 1 aliphatic heterocycles. The number of nitrogens with one attached hydrogen (secondary N) is 1. The molecule has 0 bridgehead atoms. The van der Waals surface area contributed by atoms with E-state index in [2.05, 4.69) is 15.2 Å². The number of carbonyl (C=O) groups is 1. The third-order valence-corrected chi connectivity index (χ3v) is 7.55. The van der Waals surface area contributed by atoms with Crippen LogP contribution in [0.5, 0.6) is 0 Å². The molecule has 1 aliphatic rings. The van der Waals surface area contributed by atoms with Crippen molar-refractivity contribution in [3.8, 4) is 0 Å². The fourth-order valence-corrected chi connectivity index (χ4v) is 5.28. The normalized spacial score (nSPS) is 14.8. The van der Waals surface area contributed by atoms with Crippen LogP contribution in [0.25, 0.3) is 5.65 Å². The number of hydrogen-bond acceptors (Lipinski definition) is 6. The largest absolute Gasteiger partial charge is 0.378 e. The molecular formula is C22H27N5O4S. The Bertz CT molecular complexity index is 1180. The lowest BCUT2D eigenvalue weighted by Crippen LogP contribution is -2.37. The first-order valence-electron chi connectivity index (χ1n) is 10.7. The van der Waals surface area contributed by atoms with E-state index >= 15 is 0 Å². The Labute approximate surface area is 187 Å². The maximum absolute atomic E-state index is 13.1. The van der Waals surface area contributed by atoms with Crippen molar-refractivity contribution in [3.63, 3.8) is 0 Å². The molecule has 1 fully saturated rings. The number of hydrogen-bond donors (Lipinski definition) is 1. The Morgan fingerprint density at radius 3 is 2.59 bits per heavy atom. The maximum atomic E-state index is 13.1. The van der Waals surface area contributed by atoms with E-state index in [0.717, 1.165) is 5.69 Å². The Balaban J connectivity index is 1.71. The highest BCUT2D eigenvalue weighted by molar-refractivity contribution is 7.89. The van der Waals surface area contributed by atoms with Crippen molar-refractivity contribution >= 4 is 33.0 Å². The van der Waals surface area contributed by atoms with Gasteiger partial charge < -0.3 is 19.4 Å². The van der Waals surface area contributed by atoms with Crippen molar-refractivity contribution in [1.29, 1.82) is 0 Å². The average Bonchev–Trinajstić information content (AvgIpc) is 3.25. The smallest absolute Gasteiger partial charge is 0.275 e. The highest BCUT2D eigenvalue weighted by Gasteiger charge is 2.25. The second-order valence-corrected chi connectivity index (χ2v) is 9.35. The van der Waals surface area contributed by atoms with Crippen LogP contribution in [-0.4, -0.2) is 67.4 Å². The Morgan fingerprint density at radius 2 is 1.91 bits per heavy atom. The minimum Gasteiger partial charge on any atom is -0.378 e. The molecule has 32 heavy (non-hydrogen) atoms. The summed E-state index contributed by atoms with van der Waals surface area (Å²) in [5.74, 6) is -0.402. The zero-order chi connectivity index (χ0) is 22.7. The van der Waals surface area contributed by atoms with Gasteiger partial charge in [0.2, 0.25) is 10.0 Å². The summed E-state index contributed by atoms with van der Waals surface area (Å²) in [7, 11) is -3.67. The van der Waals surface area contributed by atoms with E-state index in [9.17, 15) is 13.2 Å². The van der Waals surface area contributed by atoms with E-state index in [1.807, 2.05) is 24.4 Å². The van der Waals surface area contributed by atoms with Crippen LogP contribution >= 0.6 is 0 Å². The van der Waals surface area contributed by atoms with Crippen molar-refractivity contribution in [2.75, 3.05) is 49.6 Å². The van der Waals surface area contributed by atoms with Crippen LogP contribution in [0.1, 0.15) is 24.3 Å². The van der Waals surface area contributed by atoms with Crippen LogP contribution in [0.15, 0.2) is 53.7 Å². The van der Waals surface area contributed by atoms with Gasteiger partial charge in [0.05, 0.1) is 29.5 Å². The Morgan fingerprint density at radius 1 is 1.16 bits per heavy atom. The predicted molar refractivity (Wildman–Crippen MR) is 123 cm³/mol. The molecule has 0 saturated carbocycles. The second-order valence-electron chi connectivity index (χ2n) is 7.41. The van der Waals surface area contributed by atoms with Crippen LogP contribution in [0.3, 0.4) is 0 Å². The molecule has 4 rings (SSSR count). The van der Waals surface area contributed by atoms with Gasteiger partial charge in [-0.3, -0.25) is 4.79 Å². The van der Waals surface area contributed by atoms with Gasteiger partial charge in [0.25, 0.3) is 5.91 Å². The van der Waals surface area contributed by atoms with Gasteiger partial charge >= 0.3 is 0 Å². The topological polar surface area (TPSA) is 96.3 Å². The number of aromatic nitrogens is 2. The molecule has 1 saturated heterocycles. The van der Waals surface area contributed by atoms with Gasteiger partial charge in [0, 0.05) is 38.6 Å². The summed E-state index contributed by atoms with van der Waals surface area (Å²) in [6.07, 6.45) is 3.46. The third-order valence-electron chi connectivity index (χ3n) is 5.51. The lowest BCUT2D eigenvalue weighted by Gasteiger charge is -2.31. The highest BCUT2D eigenvalue weighted by atomic mass is 32.2. The van der Waals surface area contributed by atoms with E-state index in [-0.39, 0.29) is 10.6 Å². The highest BCUT2D eigenvalue weighted by Crippen LogP contribution is 2.31. The molecule has 10 heteroatoms. The number of rotatable bonds is 7. The number of fused-ring (bicyclic) bond motifs is 1. The molecule has 1 N–H and O–H groups in total. The molecule has 0 atom stereocenters. The molecule has 0 aliphatic carbocycles. The Kier molecular flexibility index (Phi) is 6.45. The van der Waals surface area contributed by atoms with Gasteiger partial charge in [-0.05, 0) is 30.3 Å². The first-order valence-corrected chi connectivity index (χ1v) is 12.1. The van der Waals surface area contributed by atoms with Gasteiger partial charge in [-0.1, -0.05) is 19.9 Å². The number of nitrogens with zero attached hydrogens (tertiary/aromatic N) is 4. The number of sulfonamides is 1. The maximum Gasteiger partial charge on any atom is 0.275 e. The van der Waals surface area contributed by atoms with E-state index in [1.54, 1.807) is 36.6 Å². The molecule has 170 valence electrons. The van der Waals surface area contributed by atoms with Crippen molar-refractivity contribution in [2.45, 2.75) is 18.7 Å². The first-order chi connectivity index (χ1) is 15.4. The van der Waals surface area contributed by atoms with Crippen LogP contribution in [0.2, 0.25) is 0 Å². The molecule has 1 amide bonds. The summed E-state index contributed by atoms with van der Waals surface area (Å²) < 4.78 is 34.7. The lowest BCUT2D eigenvalue weighted by atomic mass is 10.2. The molecule has 3 aromatic rings. The number of morpholine rings is 1. The molecule has 2 aromatic heterocycles. The average molecular weight is 458 g/mol. The standard InChI is InChI=1S/C22H27N5O4S/c1-3-27(4-2)32(29,30)17-8-9-20(25-11-13-31-14-12-25)18(15-17)24-22(28)19-16-26-10-6-5-7-21(26)23-19/h5-10,15-16H,3-4,11-14H2,1-2H3,(H,24,28). The van der Waals surface area contributed by atoms with Crippen LogP contribution in [0.4, 0.5) is 11.4 Å². The van der Waals surface area contributed by atoms with Crippen molar-refractivity contribution in [1.82, 2.24) is 13.7 Å². The van der Waals surface area contributed by atoms with Crippen LogP contribution in [0, 0.1) is 0 Å². The fraction of sp³-hybridized carbons (Fsp3) is 0.364. The molecule has 0 spiro atoms. The van der Waals surface area contributed by atoms with E-state index < -0.39 is 15.9 Å². The van der Waals surface area contributed by atoms with Crippen molar-refractivity contribution in [3.05, 3.63) is 54.5 Å². The molecule has 0 radical (unpaired) electrons. The van der Waals surface area contributed by atoms with Gasteiger partial charge in [-0.2, -0.15) is 4.31 Å². The number of ether oxygens (including phenoxy) is 1. The van der Waals surface area contributed by atoms with Crippen molar-refractivity contribution < 1.29 is 17.9 Å². The van der Waals surface area contributed by atoms with Gasteiger partial charge in [-0.15, -0.1) is 0 Å². The molecule has 1 aromatic carbocycles. The van der Waals surface area contributed by atoms with Crippen molar-refractivity contribution in [2.24, 2.45) is 0 Å². The lowest BCUT2D eigenvalue weighted by molar-refractivity contribution is 0.102. The summed E-state index contributed by atoms with van der Waals surface area (Å²) >= 11 is 0. The van der Waals surface area contributed by atoms with Gasteiger partial charge in [0.15, 0.2) is 0 Å². The zero-order valence-electron chi connectivity index (χ0n) is 18.2. The quantitative estimate of drug-likeness (QED) is 0.586. The summed E-state index contributed by atoms with van der Waals surface area (Å²) in [6, 6.07) is 10.4. The van der Waals surface area contributed by atoms with E-state index in [1.165, 1.54) is 10.4 Å². The van der Waals surface area contributed by atoms with E-state index in [0.29, 0.717) is 50.7 Å². The third kappa shape index (κ3) is 4.34.